The number of hydrogen-bond acceptors (Lipinski definition) is 6. The molecule has 274 valence electrons. The Morgan fingerprint density at radius 2 is 1.77 bits per heavy atom. The first kappa shape index (κ1) is 35.0. The van der Waals surface area contributed by atoms with Crippen LogP contribution in [0.1, 0.15) is 35.6 Å². The molecule has 0 unspecified atom stereocenters. The first-order valence-electron chi connectivity index (χ1n) is 18.1. The number of nitrogens with zero attached hydrogens (tertiary/aromatic N) is 3. The second-order valence-electron chi connectivity index (χ2n) is 15.0. The van der Waals surface area contributed by atoms with Crippen LogP contribution in [-0.2, 0) is 39.4 Å². The van der Waals surface area contributed by atoms with E-state index in [0.717, 1.165) is 16.7 Å². The van der Waals surface area contributed by atoms with E-state index in [0.29, 0.717) is 46.6 Å². The molecule has 1 spiro atoms. The molecule has 1 aromatic heterocycles. The van der Waals surface area contributed by atoms with Gasteiger partial charge < -0.3 is 28.5 Å². The highest BCUT2D eigenvalue weighted by Crippen LogP contribution is 2.60. The summed E-state index contributed by atoms with van der Waals surface area (Å²) in [6, 6.07) is 27.6. The summed E-state index contributed by atoms with van der Waals surface area (Å²) in [6.45, 7) is 5.39. The number of benzene rings is 4. The number of methoxy groups -OCH3 is 1. The maximum atomic E-state index is 16.6. The van der Waals surface area contributed by atoms with Gasteiger partial charge in [0.25, 0.3) is 11.5 Å². The Balaban J connectivity index is 1.14. The third kappa shape index (κ3) is 5.71. The second-order valence-corrected chi connectivity index (χ2v) is 18.8. The van der Waals surface area contributed by atoms with Crippen LogP contribution < -0.4 is 15.2 Å². The van der Waals surface area contributed by atoms with E-state index in [1.165, 1.54) is 4.68 Å². The van der Waals surface area contributed by atoms with Crippen LogP contribution in [0, 0.1) is 5.92 Å². The summed E-state index contributed by atoms with van der Waals surface area (Å²) in [5.41, 5.74) is 2.99. The zero-order chi connectivity index (χ0) is 37.2. The number of H-pyrrole nitrogens is 1. The van der Waals surface area contributed by atoms with E-state index >= 15 is 8.90 Å². The van der Waals surface area contributed by atoms with Gasteiger partial charge in [0.15, 0.2) is 5.60 Å². The van der Waals surface area contributed by atoms with Crippen LogP contribution in [0.15, 0.2) is 95.8 Å². The molecule has 12 heteroatoms. The molecule has 3 aliphatic heterocycles. The molecule has 10 nitrogen and oxygen atoms in total. The summed E-state index contributed by atoms with van der Waals surface area (Å²) in [5.74, 6) is -0.658. The minimum absolute atomic E-state index is 0.121. The SMILES string of the molecule is COc1ccc2c(c1)[C@@]1(O[C@H](CC(=O)N3Cc4ccccc4C[C@H]3CO)[C@@H]([Si](C)(C)F)[C@@H]1C)C(=O)N2Cc1cccc(-n2[nH]c3ccccc3c2=O)c1. The van der Waals surface area contributed by atoms with Gasteiger partial charge in [-0.05, 0) is 78.7 Å². The Morgan fingerprint density at radius 3 is 2.51 bits per heavy atom. The van der Waals surface area contributed by atoms with Crippen molar-refractivity contribution in [2.45, 2.75) is 69.2 Å². The molecular weight excluding hydrogens is 692 g/mol. The number of hydrogen-bond donors (Lipinski definition) is 2. The molecule has 1 fully saturated rings. The smallest absolute Gasteiger partial charge is 0.279 e. The lowest BCUT2D eigenvalue weighted by atomic mass is 9.82. The van der Waals surface area contributed by atoms with Gasteiger partial charge in [0.1, 0.15) is 5.75 Å². The molecule has 53 heavy (non-hydrogen) atoms. The summed E-state index contributed by atoms with van der Waals surface area (Å²) in [6.07, 6.45) is -0.474. The number of halogens is 1. The quantitative estimate of drug-likeness (QED) is 0.150. The summed E-state index contributed by atoms with van der Waals surface area (Å²) >= 11 is 0. The van der Waals surface area contributed by atoms with Gasteiger partial charge in [0.05, 0.1) is 61.1 Å². The number of amides is 2. The van der Waals surface area contributed by atoms with E-state index in [9.17, 15) is 14.7 Å². The third-order valence-corrected chi connectivity index (χ3v) is 14.0. The highest BCUT2D eigenvalue weighted by molar-refractivity contribution is 6.72. The lowest BCUT2D eigenvalue weighted by molar-refractivity contribution is -0.151. The van der Waals surface area contributed by atoms with Crippen molar-refractivity contribution in [2.24, 2.45) is 5.92 Å². The maximum absolute atomic E-state index is 16.6. The lowest BCUT2D eigenvalue weighted by Gasteiger charge is -2.37. The van der Waals surface area contributed by atoms with Gasteiger partial charge in [-0.1, -0.05) is 55.5 Å². The fourth-order valence-corrected chi connectivity index (χ4v) is 11.6. The fraction of sp³-hybridized carbons (Fsp3) is 0.341. The number of para-hydroxylation sites is 1. The Hall–Kier alpha value is -5.04. The first-order chi connectivity index (χ1) is 25.4. The van der Waals surface area contributed by atoms with Crippen LogP contribution in [0.25, 0.3) is 16.6 Å². The second kappa shape index (κ2) is 13.1. The number of ether oxygens (including phenoxy) is 2. The van der Waals surface area contributed by atoms with Gasteiger partial charge in [-0.15, -0.1) is 0 Å². The molecule has 0 saturated carbocycles. The minimum Gasteiger partial charge on any atom is -0.497 e. The number of aromatic amines is 1. The fourth-order valence-electron chi connectivity index (χ4n) is 9.06. The normalized spacial score (nSPS) is 23.8. The molecule has 2 amide bonds. The van der Waals surface area contributed by atoms with E-state index in [1.54, 1.807) is 48.2 Å². The number of aliphatic hydroxyl groups excluding tert-OH is 1. The predicted octanol–water partition coefficient (Wildman–Crippen LogP) is 5.99. The maximum Gasteiger partial charge on any atom is 0.279 e. The Labute approximate surface area is 307 Å². The topological polar surface area (TPSA) is 117 Å². The van der Waals surface area contributed by atoms with Gasteiger partial charge >= 0.3 is 0 Å². The molecule has 2 N–H and O–H groups in total. The lowest BCUT2D eigenvalue weighted by Crippen LogP contribution is -2.48. The molecule has 4 aromatic carbocycles. The molecule has 3 aliphatic rings. The van der Waals surface area contributed by atoms with Crippen molar-refractivity contribution in [1.29, 1.82) is 0 Å². The van der Waals surface area contributed by atoms with Gasteiger partial charge in [-0.2, -0.15) is 0 Å². The number of nitrogens with one attached hydrogen (secondary N) is 1. The number of anilines is 1. The number of fused-ring (bicyclic) bond motifs is 4. The van der Waals surface area contributed by atoms with Gasteiger partial charge in [-0.25, -0.2) is 4.68 Å². The zero-order valence-corrected chi connectivity index (χ0v) is 31.2. The molecule has 5 atom stereocenters. The summed E-state index contributed by atoms with van der Waals surface area (Å²) in [4.78, 5) is 45.8. The summed E-state index contributed by atoms with van der Waals surface area (Å²) in [5, 5.41) is 14.0. The zero-order valence-electron chi connectivity index (χ0n) is 30.2. The number of carbonyl (C=O) groups excluding carboxylic acids is 2. The Kier molecular flexibility index (Phi) is 8.66. The van der Waals surface area contributed by atoms with Gasteiger partial charge in [-0.3, -0.25) is 19.5 Å². The molecule has 8 rings (SSSR count). The van der Waals surface area contributed by atoms with Crippen LogP contribution in [-0.4, -0.2) is 65.9 Å². The van der Waals surface area contributed by atoms with Crippen LogP contribution in [0.2, 0.25) is 18.6 Å². The highest BCUT2D eigenvalue weighted by Gasteiger charge is 2.67. The molecule has 0 bridgehead atoms. The van der Waals surface area contributed by atoms with Gasteiger partial charge in [0, 0.05) is 23.6 Å². The average Bonchev–Trinajstić information content (AvgIpc) is 3.73. The molecule has 0 aliphatic carbocycles. The largest absolute Gasteiger partial charge is 0.497 e. The van der Waals surface area contributed by atoms with Crippen LogP contribution >= 0.6 is 0 Å². The number of rotatable bonds is 8. The standard InChI is InChI=1S/C41H43FN4O6Si/c1-25-38(53(3,4)42)36(21-37(48)44-23-28-12-6-5-11-27(28)19-30(44)24-47)52-41(25)33-20-31(51-2)16-17-35(33)45(40(41)50)22-26-10-9-13-29(18-26)46-39(49)32-14-7-8-15-34(32)43-46/h5-18,20,25,30,36,38,43,47H,19,21-24H2,1-4H3/t25-,30-,36+,38-,41+/m0/s1. The van der Waals surface area contributed by atoms with Crippen molar-refractivity contribution < 1.29 is 28.3 Å². The van der Waals surface area contributed by atoms with Crippen molar-refractivity contribution in [3.05, 3.63) is 124 Å². The molecule has 0 radical (unpaired) electrons. The number of aromatic nitrogens is 2. The van der Waals surface area contributed by atoms with Crippen LogP contribution in [0.4, 0.5) is 9.80 Å². The molecule has 1 saturated heterocycles. The molecule has 5 aromatic rings. The molecule has 4 heterocycles. The van der Waals surface area contributed by atoms with Crippen molar-refractivity contribution in [3.63, 3.8) is 0 Å². The van der Waals surface area contributed by atoms with E-state index in [2.05, 4.69) is 5.10 Å². The van der Waals surface area contributed by atoms with Gasteiger partial charge in [0.2, 0.25) is 14.3 Å². The number of carbonyl (C=O) groups is 2. The minimum atomic E-state index is -3.56. The Morgan fingerprint density at radius 1 is 1.02 bits per heavy atom. The molecular formula is C41H43FN4O6Si. The van der Waals surface area contributed by atoms with Crippen molar-refractivity contribution >= 4 is 36.8 Å². The van der Waals surface area contributed by atoms with E-state index in [-0.39, 0.29) is 36.9 Å². The van der Waals surface area contributed by atoms with E-state index in [4.69, 9.17) is 9.47 Å². The number of aliphatic hydroxyl groups is 1. The van der Waals surface area contributed by atoms with Crippen molar-refractivity contribution in [2.75, 3.05) is 18.6 Å². The monoisotopic (exact) mass is 734 g/mol. The third-order valence-electron chi connectivity index (χ3n) is 11.5. The van der Waals surface area contributed by atoms with E-state index < -0.39 is 37.6 Å². The summed E-state index contributed by atoms with van der Waals surface area (Å²) < 4.78 is 30.6. The highest BCUT2D eigenvalue weighted by atomic mass is 28.4. The predicted molar refractivity (Wildman–Crippen MR) is 202 cm³/mol. The first-order valence-corrected chi connectivity index (χ1v) is 21.0. The summed E-state index contributed by atoms with van der Waals surface area (Å²) in [7, 11) is -2.01. The van der Waals surface area contributed by atoms with Crippen LogP contribution in [0.3, 0.4) is 0 Å². The van der Waals surface area contributed by atoms with Crippen LogP contribution in [0.5, 0.6) is 5.75 Å². The Bertz CT molecular complexity index is 2300. The average molecular weight is 735 g/mol. The van der Waals surface area contributed by atoms with Crippen molar-refractivity contribution in [1.82, 2.24) is 14.7 Å². The van der Waals surface area contributed by atoms with Crippen molar-refractivity contribution in [3.8, 4) is 11.4 Å². The van der Waals surface area contributed by atoms with E-state index in [1.807, 2.05) is 79.7 Å².